The first-order chi connectivity index (χ1) is 16.9. The maximum absolute atomic E-state index is 13.5. The number of aliphatic hydroxyl groups is 1. The average Bonchev–Trinajstić information content (AvgIpc) is 3.14. The van der Waals surface area contributed by atoms with E-state index in [2.05, 4.69) is 4.90 Å². The van der Waals surface area contributed by atoms with Crippen LogP contribution in [0.4, 0.5) is 4.39 Å². The van der Waals surface area contributed by atoms with Crippen molar-refractivity contribution in [3.8, 4) is 11.5 Å². The van der Waals surface area contributed by atoms with Crippen LogP contribution < -0.4 is 9.47 Å². The van der Waals surface area contributed by atoms with Crippen molar-refractivity contribution in [2.24, 2.45) is 0 Å². The summed E-state index contributed by atoms with van der Waals surface area (Å²) in [6.45, 7) is 4.01. The highest BCUT2D eigenvalue weighted by Crippen LogP contribution is 2.43. The Kier molecular flexibility index (Phi) is 9.06. The van der Waals surface area contributed by atoms with Crippen LogP contribution in [0.5, 0.6) is 11.5 Å². The van der Waals surface area contributed by atoms with E-state index in [1.54, 1.807) is 18.2 Å². The summed E-state index contributed by atoms with van der Waals surface area (Å²) in [6, 6.07) is 9.33. The summed E-state index contributed by atoms with van der Waals surface area (Å²) in [5, 5.41) is 11.1. The summed E-state index contributed by atoms with van der Waals surface area (Å²) < 4.78 is 29.8. The van der Waals surface area contributed by atoms with Gasteiger partial charge in [0, 0.05) is 37.3 Å². The molecule has 194 valence electrons. The maximum Gasteiger partial charge on any atom is 0.295 e. The molecule has 0 saturated carbocycles. The van der Waals surface area contributed by atoms with E-state index >= 15 is 0 Å². The molecule has 0 aliphatic carbocycles. The standard InChI is InChI=1S/C26H29FN2O6.CH4/c1-33-19-8-9-21(34-2)20(16-19)23-22(24(30)17-4-6-18(27)7-5-17)25(31)26(32)29(23)11-3-10-28-12-14-35-15-13-28;/h4-9,16,23,30H,3,10-15H2,1-2H3;1H4. The zero-order valence-electron chi connectivity index (χ0n) is 19.8. The summed E-state index contributed by atoms with van der Waals surface area (Å²) >= 11 is 0. The Hall–Kier alpha value is -3.43. The van der Waals surface area contributed by atoms with Gasteiger partial charge in [0.25, 0.3) is 11.7 Å². The first kappa shape index (κ1) is 27.2. The summed E-state index contributed by atoms with van der Waals surface area (Å²) in [6.07, 6.45) is 0.631. The van der Waals surface area contributed by atoms with Crippen LogP contribution in [0.3, 0.4) is 0 Å². The zero-order valence-corrected chi connectivity index (χ0v) is 19.8. The fourth-order valence-electron chi connectivity index (χ4n) is 4.54. The molecule has 8 nitrogen and oxygen atoms in total. The molecule has 2 aliphatic rings. The number of ketones is 1. The molecule has 1 amide bonds. The minimum atomic E-state index is -0.894. The van der Waals surface area contributed by atoms with Gasteiger partial charge in [-0.15, -0.1) is 0 Å². The van der Waals surface area contributed by atoms with Gasteiger partial charge in [0.1, 0.15) is 23.1 Å². The molecule has 2 aromatic carbocycles. The summed E-state index contributed by atoms with van der Waals surface area (Å²) in [7, 11) is 3.01. The van der Waals surface area contributed by atoms with Gasteiger partial charge in [0.15, 0.2) is 0 Å². The Morgan fingerprint density at radius 3 is 2.39 bits per heavy atom. The molecule has 0 aromatic heterocycles. The van der Waals surface area contributed by atoms with Crippen LogP contribution in [-0.2, 0) is 14.3 Å². The molecule has 0 radical (unpaired) electrons. The van der Waals surface area contributed by atoms with Crippen LogP contribution in [0, 0.1) is 5.82 Å². The third-order valence-corrected chi connectivity index (χ3v) is 6.37. The van der Waals surface area contributed by atoms with Crippen molar-refractivity contribution in [1.82, 2.24) is 9.80 Å². The Bertz CT molecular complexity index is 1110. The van der Waals surface area contributed by atoms with E-state index < -0.39 is 23.5 Å². The number of hydrogen-bond acceptors (Lipinski definition) is 7. The smallest absolute Gasteiger partial charge is 0.295 e. The highest BCUT2D eigenvalue weighted by atomic mass is 19.1. The molecular formula is C27H33FN2O6. The summed E-state index contributed by atoms with van der Waals surface area (Å²) in [4.78, 5) is 30.1. The number of carbonyl (C=O) groups is 2. The van der Waals surface area contributed by atoms with Crippen LogP contribution in [0.1, 0.15) is 31.0 Å². The number of carbonyl (C=O) groups excluding carboxylic acids is 2. The number of likely N-dealkylation sites (tertiary alicyclic amines) is 1. The first-order valence-corrected chi connectivity index (χ1v) is 11.5. The summed E-state index contributed by atoms with van der Waals surface area (Å²) in [5.74, 6) is -1.38. The second kappa shape index (κ2) is 12.0. The number of methoxy groups -OCH3 is 2. The van der Waals surface area contributed by atoms with Crippen molar-refractivity contribution in [1.29, 1.82) is 0 Å². The number of ether oxygens (including phenoxy) is 3. The van der Waals surface area contributed by atoms with Crippen LogP contribution in [0.2, 0.25) is 0 Å². The van der Waals surface area contributed by atoms with Gasteiger partial charge in [-0.3, -0.25) is 14.5 Å². The van der Waals surface area contributed by atoms with Crippen molar-refractivity contribution in [2.45, 2.75) is 19.9 Å². The second-order valence-electron chi connectivity index (χ2n) is 8.41. The Labute approximate surface area is 210 Å². The number of benzene rings is 2. The van der Waals surface area contributed by atoms with E-state index in [1.807, 2.05) is 0 Å². The van der Waals surface area contributed by atoms with Gasteiger partial charge >= 0.3 is 0 Å². The van der Waals surface area contributed by atoms with E-state index in [1.165, 1.54) is 43.4 Å². The maximum atomic E-state index is 13.5. The predicted octanol–water partition coefficient (Wildman–Crippen LogP) is 3.62. The Morgan fingerprint density at radius 2 is 1.75 bits per heavy atom. The highest BCUT2D eigenvalue weighted by Gasteiger charge is 2.47. The molecule has 2 heterocycles. The number of aliphatic hydroxyl groups excluding tert-OH is 1. The van der Waals surface area contributed by atoms with Gasteiger partial charge < -0.3 is 24.2 Å². The van der Waals surface area contributed by atoms with E-state index in [9.17, 15) is 19.1 Å². The van der Waals surface area contributed by atoms with Crippen LogP contribution in [0.25, 0.3) is 5.76 Å². The lowest BCUT2D eigenvalue weighted by atomic mass is 9.94. The minimum Gasteiger partial charge on any atom is -0.507 e. The molecule has 2 saturated heterocycles. The van der Waals surface area contributed by atoms with E-state index in [0.717, 1.165) is 19.6 Å². The molecule has 2 aromatic rings. The molecular weight excluding hydrogens is 467 g/mol. The van der Waals surface area contributed by atoms with E-state index in [0.29, 0.717) is 43.2 Å². The molecule has 0 bridgehead atoms. The van der Waals surface area contributed by atoms with Crippen LogP contribution in [0.15, 0.2) is 48.0 Å². The normalized spacial score (nSPS) is 19.8. The number of halogens is 1. The van der Waals surface area contributed by atoms with Gasteiger partial charge in [-0.25, -0.2) is 4.39 Å². The lowest BCUT2D eigenvalue weighted by molar-refractivity contribution is -0.140. The van der Waals surface area contributed by atoms with Crippen molar-refractivity contribution >= 4 is 17.4 Å². The Balaban J connectivity index is 0.00000361. The Morgan fingerprint density at radius 1 is 1.06 bits per heavy atom. The molecule has 1 N–H and O–H groups in total. The predicted molar refractivity (Wildman–Crippen MR) is 134 cm³/mol. The van der Waals surface area contributed by atoms with Crippen molar-refractivity contribution in [3.05, 3.63) is 65.0 Å². The summed E-state index contributed by atoms with van der Waals surface area (Å²) in [5.41, 5.74) is 0.685. The number of nitrogens with zero attached hydrogens (tertiary/aromatic N) is 2. The molecule has 9 heteroatoms. The lowest BCUT2D eigenvalue weighted by Gasteiger charge is -2.29. The SMILES string of the molecule is C.COc1ccc(OC)c(C2C(=C(O)c3ccc(F)cc3)C(=O)C(=O)N2CCCN2CCOCC2)c1. The van der Waals surface area contributed by atoms with Gasteiger partial charge in [0.2, 0.25) is 0 Å². The van der Waals surface area contributed by atoms with Crippen molar-refractivity contribution < 1.29 is 33.3 Å². The fourth-order valence-corrected chi connectivity index (χ4v) is 4.54. The first-order valence-electron chi connectivity index (χ1n) is 11.5. The largest absolute Gasteiger partial charge is 0.507 e. The molecule has 2 aliphatic heterocycles. The zero-order chi connectivity index (χ0) is 24.9. The highest BCUT2D eigenvalue weighted by molar-refractivity contribution is 6.46. The topological polar surface area (TPSA) is 88.5 Å². The molecule has 4 rings (SSSR count). The third-order valence-electron chi connectivity index (χ3n) is 6.37. The van der Waals surface area contributed by atoms with Crippen molar-refractivity contribution in [3.63, 3.8) is 0 Å². The third kappa shape index (κ3) is 5.52. The van der Waals surface area contributed by atoms with E-state index in [4.69, 9.17) is 14.2 Å². The monoisotopic (exact) mass is 500 g/mol. The quantitative estimate of drug-likeness (QED) is 0.336. The second-order valence-corrected chi connectivity index (χ2v) is 8.41. The molecule has 1 atom stereocenters. The molecule has 1 unspecified atom stereocenters. The lowest BCUT2D eigenvalue weighted by Crippen LogP contribution is -2.39. The number of amides is 1. The number of morpholine rings is 1. The minimum absolute atomic E-state index is 0. The van der Waals surface area contributed by atoms with E-state index in [-0.39, 0.29) is 24.3 Å². The van der Waals surface area contributed by atoms with Gasteiger partial charge in [-0.2, -0.15) is 0 Å². The number of rotatable bonds is 8. The van der Waals surface area contributed by atoms with Crippen molar-refractivity contribution in [2.75, 3.05) is 53.6 Å². The molecule has 36 heavy (non-hydrogen) atoms. The van der Waals surface area contributed by atoms with Gasteiger partial charge in [-0.1, -0.05) is 7.43 Å². The van der Waals surface area contributed by atoms with Gasteiger partial charge in [0.05, 0.1) is 39.0 Å². The van der Waals surface area contributed by atoms with Crippen LogP contribution in [-0.4, -0.2) is 80.2 Å². The molecule has 2 fully saturated rings. The average molecular weight is 501 g/mol. The number of Topliss-reactive ketones (excluding diaryl/α,β-unsaturated/α-hetero) is 1. The fraction of sp³-hybridized carbons (Fsp3) is 0.407. The van der Waals surface area contributed by atoms with Gasteiger partial charge in [-0.05, 0) is 48.9 Å². The molecule has 0 spiro atoms. The van der Waals surface area contributed by atoms with Crippen LogP contribution >= 0.6 is 0 Å². The number of hydrogen-bond donors (Lipinski definition) is 1.